The van der Waals surface area contributed by atoms with Gasteiger partial charge in [-0.1, -0.05) is 29.1 Å². The zero-order chi connectivity index (χ0) is 20.8. The van der Waals surface area contributed by atoms with Gasteiger partial charge in [0.1, 0.15) is 16.8 Å². The van der Waals surface area contributed by atoms with Gasteiger partial charge in [0.25, 0.3) is 0 Å². The molecule has 1 aromatic carbocycles. The van der Waals surface area contributed by atoms with E-state index in [1.807, 2.05) is 26.0 Å². The lowest BCUT2D eigenvalue weighted by Gasteiger charge is -2.08. The van der Waals surface area contributed by atoms with Crippen LogP contribution in [-0.2, 0) is 17.0 Å². The lowest BCUT2D eigenvalue weighted by atomic mass is 10.1. The molecule has 0 saturated carbocycles. The Labute approximate surface area is 172 Å². The smallest absolute Gasteiger partial charge is 0.237 e. The second kappa shape index (κ2) is 9.21. The molecule has 0 aliphatic rings. The first-order valence-corrected chi connectivity index (χ1v) is 9.74. The minimum absolute atomic E-state index is 0.0303. The summed E-state index contributed by atoms with van der Waals surface area (Å²) in [5, 5.41) is 16.6. The highest BCUT2D eigenvalue weighted by Gasteiger charge is 2.15. The molecule has 0 saturated heterocycles. The van der Waals surface area contributed by atoms with Gasteiger partial charge in [-0.25, -0.2) is 4.98 Å². The molecule has 0 spiro atoms. The van der Waals surface area contributed by atoms with E-state index in [0.29, 0.717) is 33.7 Å². The zero-order valence-electron chi connectivity index (χ0n) is 16.2. The van der Waals surface area contributed by atoms with Gasteiger partial charge in [0, 0.05) is 5.69 Å². The second-order valence-corrected chi connectivity index (χ2v) is 7.15. The fourth-order valence-electron chi connectivity index (χ4n) is 2.68. The van der Waals surface area contributed by atoms with E-state index in [9.17, 15) is 10.1 Å². The number of nitrogens with one attached hydrogen (secondary N) is 1. The average molecular weight is 409 g/mol. The first kappa shape index (κ1) is 20.4. The first-order valence-electron chi connectivity index (χ1n) is 8.75. The topological polar surface area (TPSA) is 114 Å². The first-order chi connectivity index (χ1) is 14.0. The van der Waals surface area contributed by atoms with Crippen LogP contribution in [0.15, 0.2) is 39.9 Å². The normalized spacial score (nSPS) is 10.4. The molecule has 1 N–H and O–H groups in total. The number of para-hydroxylation sites is 2. The maximum atomic E-state index is 12.3. The van der Waals surface area contributed by atoms with E-state index in [0.717, 1.165) is 11.3 Å². The molecule has 2 heterocycles. The number of methoxy groups -OCH3 is 1. The summed E-state index contributed by atoms with van der Waals surface area (Å²) in [6, 6.07) is 11.2. The molecule has 0 bridgehead atoms. The fourth-order valence-corrected chi connectivity index (χ4v) is 3.62. The summed E-state index contributed by atoms with van der Waals surface area (Å²) in [6.45, 7) is 3.76. The van der Waals surface area contributed by atoms with Crippen LogP contribution < -0.4 is 10.1 Å². The van der Waals surface area contributed by atoms with Gasteiger partial charge >= 0.3 is 0 Å². The van der Waals surface area contributed by atoms with Gasteiger partial charge < -0.3 is 14.6 Å². The van der Waals surface area contributed by atoms with Crippen LogP contribution in [0.25, 0.3) is 0 Å². The molecule has 0 aliphatic carbocycles. The standard InChI is InChI=1S/C20H19N5O3S/c1-12-8-13(2)22-20(14(12)10-21)29-11-19-24-17(25-28-19)9-18(26)23-15-6-4-5-7-16(15)27-3/h4-8H,9,11H2,1-3H3,(H,23,26). The fraction of sp³-hybridized carbons (Fsp3) is 0.250. The Morgan fingerprint density at radius 1 is 1.31 bits per heavy atom. The van der Waals surface area contributed by atoms with Crippen LogP contribution in [0.5, 0.6) is 5.75 Å². The third-order valence-corrected chi connectivity index (χ3v) is 4.93. The predicted molar refractivity (Wildman–Crippen MR) is 108 cm³/mol. The molecule has 0 radical (unpaired) electrons. The molecule has 0 fully saturated rings. The Morgan fingerprint density at radius 3 is 2.86 bits per heavy atom. The molecule has 8 nitrogen and oxygen atoms in total. The Morgan fingerprint density at radius 2 is 2.10 bits per heavy atom. The number of nitriles is 1. The van der Waals surface area contributed by atoms with Gasteiger partial charge in [-0.3, -0.25) is 4.79 Å². The molecule has 9 heteroatoms. The van der Waals surface area contributed by atoms with Gasteiger partial charge in [0.05, 0.1) is 30.5 Å². The number of anilines is 1. The minimum Gasteiger partial charge on any atom is -0.495 e. The third kappa shape index (κ3) is 5.12. The molecule has 3 aromatic rings. The number of thioether (sulfide) groups is 1. The number of carbonyl (C=O) groups is 1. The van der Waals surface area contributed by atoms with E-state index in [1.165, 1.54) is 18.9 Å². The quantitative estimate of drug-likeness (QED) is 0.590. The van der Waals surface area contributed by atoms with Gasteiger partial charge in [0.15, 0.2) is 5.82 Å². The summed E-state index contributed by atoms with van der Waals surface area (Å²) >= 11 is 1.35. The molecule has 0 atom stereocenters. The summed E-state index contributed by atoms with van der Waals surface area (Å²) in [4.78, 5) is 20.9. The summed E-state index contributed by atoms with van der Waals surface area (Å²) in [6.07, 6.45) is -0.0303. The summed E-state index contributed by atoms with van der Waals surface area (Å²) < 4.78 is 10.4. The maximum absolute atomic E-state index is 12.3. The van der Waals surface area contributed by atoms with E-state index in [1.54, 1.807) is 18.2 Å². The number of benzene rings is 1. The number of aromatic nitrogens is 3. The van der Waals surface area contributed by atoms with Crippen molar-refractivity contribution in [2.45, 2.75) is 31.0 Å². The van der Waals surface area contributed by atoms with Crippen molar-refractivity contribution in [1.29, 1.82) is 5.26 Å². The van der Waals surface area contributed by atoms with Crippen molar-refractivity contribution >= 4 is 23.4 Å². The Balaban J connectivity index is 1.62. The predicted octanol–water partition coefficient (Wildman–Crippen LogP) is 3.44. The molecule has 148 valence electrons. The highest BCUT2D eigenvalue weighted by Crippen LogP contribution is 2.26. The molecular weight excluding hydrogens is 390 g/mol. The molecular formula is C20H19N5O3S. The Kier molecular flexibility index (Phi) is 6.46. The number of rotatable bonds is 7. The number of nitrogens with zero attached hydrogens (tertiary/aromatic N) is 4. The van der Waals surface area contributed by atoms with Crippen LogP contribution in [0.2, 0.25) is 0 Å². The molecule has 0 aliphatic heterocycles. The molecule has 0 unspecified atom stereocenters. The highest BCUT2D eigenvalue weighted by molar-refractivity contribution is 7.98. The van der Waals surface area contributed by atoms with E-state index < -0.39 is 0 Å². The summed E-state index contributed by atoms with van der Waals surface area (Å²) in [5.41, 5.74) is 2.82. The number of amides is 1. The average Bonchev–Trinajstić information content (AvgIpc) is 3.13. The monoisotopic (exact) mass is 409 g/mol. The number of carbonyl (C=O) groups excluding carboxylic acids is 1. The van der Waals surface area contributed by atoms with Gasteiger partial charge in [-0.15, -0.1) is 0 Å². The van der Waals surface area contributed by atoms with Crippen LogP contribution in [0.4, 0.5) is 5.69 Å². The van der Waals surface area contributed by atoms with Crippen molar-refractivity contribution in [3.05, 3.63) is 58.9 Å². The molecule has 1 amide bonds. The second-order valence-electron chi connectivity index (χ2n) is 6.19. The number of hydrogen-bond acceptors (Lipinski definition) is 8. The number of ether oxygens (including phenoxy) is 1. The zero-order valence-corrected chi connectivity index (χ0v) is 17.0. The van der Waals surface area contributed by atoms with Crippen molar-refractivity contribution < 1.29 is 14.1 Å². The summed E-state index contributed by atoms with van der Waals surface area (Å²) in [7, 11) is 1.54. The van der Waals surface area contributed by atoms with Crippen molar-refractivity contribution in [2.24, 2.45) is 0 Å². The molecule has 29 heavy (non-hydrogen) atoms. The number of pyridine rings is 1. The minimum atomic E-state index is -0.280. The highest BCUT2D eigenvalue weighted by atomic mass is 32.2. The van der Waals surface area contributed by atoms with Crippen molar-refractivity contribution in [2.75, 3.05) is 12.4 Å². The van der Waals surface area contributed by atoms with Crippen molar-refractivity contribution in [1.82, 2.24) is 15.1 Å². The maximum Gasteiger partial charge on any atom is 0.237 e. The SMILES string of the molecule is COc1ccccc1NC(=O)Cc1noc(CSc2nc(C)cc(C)c2C#N)n1. The van der Waals surface area contributed by atoms with E-state index in [2.05, 4.69) is 26.5 Å². The lowest BCUT2D eigenvalue weighted by Crippen LogP contribution is -2.15. The number of aryl methyl sites for hydroxylation is 2. The van der Waals surface area contributed by atoms with Gasteiger partial charge in [-0.2, -0.15) is 10.2 Å². The van der Waals surface area contributed by atoms with Crippen molar-refractivity contribution in [3.8, 4) is 11.8 Å². The Hall–Kier alpha value is -3.38. The van der Waals surface area contributed by atoms with Crippen LogP contribution in [0, 0.1) is 25.2 Å². The van der Waals surface area contributed by atoms with Crippen molar-refractivity contribution in [3.63, 3.8) is 0 Å². The van der Waals surface area contributed by atoms with E-state index >= 15 is 0 Å². The molecule has 2 aromatic heterocycles. The lowest BCUT2D eigenvalue weighted by molar-refractivity contribution is -0.115. The summed E-state index contributed by atoms with van der Waals surface area (Å²) in [5.74, 6) is 1.28. The van der Waals surface area contributed by atoms with Crippen LogP contribution >= 0.6 is 11.8 Å². The van der Waals surface area contributed by atoms with Crippen LogP contribution in [-0.4, -0.2) is 28.1 Å². The molecule has 3 rings (SSSR count). The number of hydrogen-bond donors (Lipinski definition) is 1. The van der Waals surface area contributed by atoms with E-state index in [-0.39, 0.29) is 18.2 Å². The Bertz CT molecular complexity index is 1070. The van der Waals surface area contributed by atoms with Crippen LogP contribution in [0.3, 0.4) is 0 Å². The largest absolute Gasteiger partial charge is 0.495 e. The third-order valence-electron chi connectivity index (χ3n) is 3.97. The van der Waals surface area contributed by atoms with Crippen LogP contribution in [0.1, 0.15) is 28.5 Å². The van der Waals surface area contributed by atoms with Gasteiger partial charge in [0.2, 0.25) is 11.8 Å². The van der Waals surface area contributed by atoms with Gasteiger partial charge in [-0.05, 0) is 37.6 Å². The van der Waals surface area contributed by atoms with E-state index in [4.69, 9.17) is 9.26 Å².